The van der Waals surface area contributed by atoms with Gasteiger partial charge in [-0.1, -0.05) is 31.6 Å². The number of hydrogen-bond donors (Lipinski definition) is 4. The van der Waals surface area contributed by atoms with Gasteiger partial charge in [-0.2, -0.15) is 9.97 Å². The second-order valence-electron chi connectivity index (χ2n) is 9.79. The summed E-state index contributed by atoms with van der Waals surface area (Å²) in [6.07, 6.45) is 9.77. The molecule has 0 unspecified atom stereocenters. The summed E-state index contributed by atoms with van der Waals surface area (Å²) in [5, 5.41) is 18.9. The number of nitrogens with zero attached hydrogens (tertiary/aromatic N) is 5. The Hall–Kier alpha value is -4.18. The average Bonchev–Trinajstić information content (AvgIpc) is 2.93. The van der Waals surface area contributed by atoms with Crippen molar-refractivity contribution in [3.63, 3.8) is 0 Å². The Kier molecular flexibility index (Phi) is 9.69. The van der Waals surface area contributed by atoms with Crippen LogP contribution in [0.5, 0.6) is 5.88 Å². The Morgan fingerprint density at radius 1 is 1.08 bits per heavy atom. The number of allylic oxidation sites excluding steroid dienone is 1. The van der Waals surface area contributed by atoms with Crippen LogP contribution in [0.25, 0.3) is 0 Å². The minimum absolute atomic E-state index is 0.134. The minimum atomic E-state index is -0.312. The molecule has 2 aromatic heterocycles. The zero-order valence-corrected chi connectivity index (χ0v) is 22.9. The second-order valence-corrected chi connectivity index (χ2v) is 9.79. The van der Waals surface area contributed by atoms with Crippen molar-refractivity contribution >= 4 is 34.9 Å². The summed E-state index contributed by atoms with van der Waals surface area (Å²) in [5.41, 5.74) is 2.30. The summed E-state index contributed by atoms with van der Waals surface area (Å²) in [6, 6.07) is 13.7. The quantitative estimate of drug-likeness (QED) is 0.262. The number of pyridine rings is 1. The molecule has 0 spiro atoms. The van der Waals surface area contributed by atoms with Crippen LogP contribution in [0.3, 0.4) is 0 Å². The minimum Gasteiger partial charge on any atom is -0.493 e. The van der Waals surface area contributed by atoms with Crippen LogP contribution in [-0.4, -0.2) is 70.6 Å². The molecule has 0 saturated carbocycles. The molecule has 0 aliphatic carbocycles. The number of carbonyl (C=O) groups excluding carboxylic acids is 1. The molecule has 3 aromatic rings. The fraction of sp³-hybridized carbons (Fsp3) is 0.379. The van der Waals surface area contributed by atoms with Gasteiger partial charge in [0.2, 0.25) is 11.8 Å². The molecule has 1 aliphatic rings. The molecule has 0 atom stereocenters. The van der Waals surface area contributed by atoms with E-state index in [2.05, 4.69) is 73.9 Å². The number of aromatic nitrogens is 3. The third-order valence-electron chi connectivity index (χ3n) is 6.70. The second kappa shape index (κ2) is 13.6. The Bertz CT molecular complexity index is 1250. The zero-order valence-electron chi connectivity index (χ0n) is 22.9. The summed E-state index contributed by atoms with van der Waals surface area (Å²) in [6.45, 7) is 4.58. The number of piperidine rings is 1. The number of hydrogen-bond acceptors (Lipinski definition) is 9. The van der Waals surface area contributed by atoms with E-state index in [1.807, 2.05) is 24.3 Å². The number of rotatable bonds is 11. The summed E-state index contributed by atoms with van der Waals surface area (Å²) >= 11 is 0. The van der Waals surface area contributed by atoms with Crippen molar-refractivity contribution in [2.24, 2.45) is 0 Å². The molecule has 0 bridgehead atoms. The maximum absolute atomic E-state index is 12.9. The normalized spacial score (nSPS) is 14.1. The number of anilines is 5. The highest BCUT2D eigenvalue weighted by atomic mass is 16.3. The number of unbranched alkanes of at least 4 members (excludes halogenated alkanes) is 1. The SMILES string of the molecule is CCC/C=C\CNC(=O)c1cnc(Nc2ccc(N3CCC(N(C)C)CC3)cc2)nc1Nc1cccc(O)n1. The molecule has 1 amide bonds. The molecular weight excluding hydrogens is 492 g/mol. The fourth-order valence-corrected chi connectivity index (χ4v) is 4.46. The molecule has 4 rings (SSSR count). The maximum Gasteiger partial charge on any atom is 0.256 e. The third kappa shape index (κ3) is 7.90. The maximum atomic E-state index is 12.9. The highest BCUT2D eigenvalue weighted by Gasteiger charge is 2.21. The van der Waals surface area contributed by atoms with E-state index in [9.17, 15) is 9.90 Å². The lowest BCUT2D eigenvalue weighted by Gasteiger charge is -2.36. The highest BCUT2D eigenvalue weighted by Crippen LogP contribution is 2.25. The Morgan fingerprint density at radius 3 is 2.54 bits per heavy atom. The van der Waals surface area contributed by atoms with Gasteiger partial charge in [-0.05, 0) is 63.7 Å². The predicted molar refractivity (Wildman–Crippen MR) is 156 cm³/mol. The number of aromatic hydroxyl groups is 1. The molecule has 1 fully saturated rings. The van der Waals surface area contributed by atoms with E-state index in [1.54, 1.807) is 12.1 Å². The third-order valence-corrected chi connectivity index (χ3v) is 6.70. The monoisotopic (exact) mass is 530 g/mol. The lowest BCUT2D eigenvalue weighted by Crippen LogP contribution is -2.41. The first-order valence-electron chi connectivity index (χ1n) is 13.4. The molecule has 0 radical (unpaired) electrons. The molecule has 1 aliphatic heterocycles. The van der Waals surface area contributed by atoms with Crippen molar-refractivity contribution in [1.29, 1.82) is 0 Å². The molecule has 4 N–H and O–H groups in total. The first-order valence-corrected chi connectivity index (χ1v) is 13.4. The number of nitrogens with one attached hydrogen (secondary N) is 3. The number of carbonyl (C=O) groups is 1. The van der Waals surface area contributed by atoms with Crippen LogP contribution in [-0.2, 0) is 0 Å². The largest absolute Gasteiger partial charge is 0.493 e. The molecule has 39 heavy (non-hydrogen) atoms. The van der Waals surface area contributed by atoms with Gasteiger partial charge in [0.05, 0.1) is 0 Å². The Morgan fingerprint density at radius 2 is 1.85 bits per heavy atom. The molecule has 206 valence electrons. The van der Waals surface area contributed by atoms with Crippen LogP contribution < -0.4 is 20.9 Å². The number of amides is 1. The van der Waals surface area contributed by atoms with Crippen LogP contribution in [0.4, 0.5) is 29.0 Å². The van der Waals surface area contributed by atoms with Crippen molar-refractivity contribution in [2.75, 3.05) is 49.3 Å². The van der Waals surface area contributed by atoms with E-state index in [1.165, 1.54) is 18.0 Å². The smallest absolute Gasteiger partial charge is 0.256 e. The van der Waals surface area contributed by atoms with Crippen LogP contribution >= 0.6 is 0 Å². The van der Waals surface area contributed by atoms with Gasteiger partial charge in [-0.25, -0.2) is 4.98 Å². The van der Waals surface area contributed by atoms with Gasteiger partial charge in [0.1, 0.15) is 17.2 Å². The fourth-order valence-electron chi connectivity index (χ4n) is 4.46. The van der Waals surface area contributed by atoms with Gasteiger partial charge in [-0.15, -0.1) is 0 Å². The summed E-state index contributed by atoms with van der Waals surface area (Å²) in [7, 11) is 4.30. The molecule has 3 heterocycles. The van der Waals surface area contributed by atoms with Crippen LogP contribution in [0.15, 0.2) is 60.8 Å². The van der Waals surface area contributed by atoms with Crippen LogP contribution in [0, 0.1) is 0 Å². The van der Waals surface area contributed by atoms with Crippen molar-refractivity contribution in [3.8, 4) is 5.88 Å². The topological polar surface area (TPSA) is 119 Å². The van der Waals surface area contributed by atoms with Crippen molar-refractivity contribution in [2.45, 2.75) is 38.6 Å². The zero-order chi connectivity index (χ0) is 27.6. The Balaban J connectivity index is 1.47. The van der Waals surface area contributed by atoms with Crippen LogP contribution in [0.2, 0.25) is 0 Å². The van der Waals surface area contributed by atoms with Gasteiger partial charge in [0.25, 0.3) is 5.91 Å². The van der Waals surface area contributed by atoms with E-state index in [0.29, 0.717) is 24.4 Å². The average molecular weight is 531 g/mol. The van der Waals surface area contributed by atoms with E-state index in [-0.39, 0.29) is 23.2 Å². The van der Waals surface area contributed by atoms with Crippen LogP contribution in [0.1, 0.15) is 43.0 Å². The summed E-state index contributed by atoms with van der Waals surface area (Å²) in [4.78, 5) is 30.6. The van der Waals surface area contributed by atoms with E-state index >= 15 is 0 Å². The van der Waals surface area contributed by atoms with Crippen molar-refractivity contribution < 1.29 is 9.90 Å². The first kappa shape index (κ1) is 27.8. The molecule has 10 nitrogen and oxygen atoms in total. The summed E-state index contributed by atoms with van der Waals surface area (Å²) in [5.74, 6) is 0.523. The highest BCUT2D eigenvalue weighted by molar-refractivity contribution is 5.99. The van der Waals surface area contributed by atoms with Crippen molar-refractivity contribution in [3.05, 3.63) is 66.4 Å². The first-order chi connectivity index (χ1) is 18.9. The predicted octanol–water partition coefficient (Wildman–Crippen LogP) is 4.68. The molecule has 1 aromatic carbocycles. The van der Waals surface area contributed by atoms with Gasteiger partial charge < -0.3 is 30.9 Å². The van der Waals surface area contributed by atoms with E-state index in [0.717, 1.165) is 44.5 Å². The van der Waals surface area contributed by atoms with Gasteiger partial charge in [0, 0.05) is 49.3 Å². The summed E-state index contributed by atoms with van der Waals surface area (Å²) < 4.78 is 0. The Labute approximate surface area is 230 Å². The lowest BCUT2D eigenvalue weighted by molar-refractivity contribution is 0.0958. The lowest BCUT2D eigenvalue weighted by atomic mass is 10.0. The van der Waals surface area contributed by atoms with Gasteiger partial charge in [-0.3, -0.25) is 4.79 Å². The van der Waals surface area contributed by atoms with E-state index in [4.69, 9.17) is 0 Å². The molecule has 10 heteroatoms. The van der Waals surface area contributed by atoms with Gasteiger partial charge >= 0.3 is 0 Å². The molecular formula is C29H38N8O2. The van der Waals surface area contributed by atoms with Crippen molar-refractivity contribution in [1.82, 2.24) is 25.2 Å². The number of benzene rings is 1. The standard InChI is InChI=1S/C29H38N8O2/c1-4-5-6-7-17-30-28(39)24-20-31-29(35-27(24)34-25-9-8-10-26(38)33-25)32-21-11-13-23(14-12-21)37-18-15-22(16-19-37)36(2)3/h6-14,20,22H,4-5,15-19H2,1-3H3,(H,30,39)(H3,31,32,33,34,35,38)/b7-6-. The van der Waals surface area contributed by atoms with E-state index < -0.39 is 0 Å². The molecule has 1 saturated heterocycles. The van der Waals surface area contributed by atoms with Gasteiger partial charge in [0.15, 0.2) is 0 Å².